The normalized spacial score (nSPS) is 16.9. The molecule has 3 nitrogen and oxygen atoms in total. The summed E-state index contributed by atoms with van der Waals surface area (Å²) in [6, 6.07) is 14.3. The van der Waals surface area contributed by atoms with E-state index >= 15 is 0 Å². The maximum Gasteiger partial charge on any atom is 0.336 e. The van der Waals surface area contributed by atoms with E-state index in [1.807, 2.05) is 19.1 Å². The quantitative estimate of drug-likeness (QED) is 0.601. The van der Waals surface area contributed by atoms with Crippen molar-refractivity contribution < 1.29 is 4.42 Å². The Labute approximate surface area is 151 Å². The van der Waals surface area contributed by atoms with Crippen molar-refractivity contribution in [3.05, 3.63) is 74.6 Å². The Morgan fingerprint density at radius 1 is 1.24 bits per heavy atom. The average molecular weight is 354 g/mol. The number of aryl methyl sites for hydroxylation is 2. The summed E-state index contributed by atoms with van der Waals surface area (Å²) in [5, 5.41) is 1.60. The summed E-state index contributed by atoms with van der Waals surface area (Å²) >= 11 is 6.32. The molecule has 1 unspecified atom stereocenters. The highest BCUT2D eigenvalue weighted by Crippen LogP contribution is 2.33. The fourth-order valence-electron chi connectivity index (χ4n) is 3.66. The van der Waals surface area contributed by atoms with Crippen molar-refractivity contribution in [2.75, 3.05) is 4.90 Å². The van der Waals surface area contributed by atoms with E-state index in [1.54, 1.807) is 6.07 Å². The van der Waals surface area contributed by atoms with Gasteiger partial charge in [0.15, 0.2) is 0 Å². The minimum absolute atomic E-state index is 0.317. The van der Waals surface area contributed by atoms with Gasteiger partial charge in [-0.3, -0.25) is 0 Å². The second-order valence-corrected chi connectivity index (χ2v) is 7.24. The molecule has 2 heterocycles. The van der Waals surface area contributed by atoms with Crippen LogP contribution in [0.2, 0.25) is 5.02 Å². The summed E-state index contributed by atoms with van der Waals surface area (Å²) in [5.74, 6) is 0. The number of rotatable bonds is 2. The molecule has 0 radical (unpaired) electrons. The summed E-state index contributed by atoms with van der Waals surface area (Å²) in [6.45, 7) is 4.82. The number of hydrogen-bond acceptors (Lipinski definition) is 3. The summed E-state index contributed by atoms with van der Waals surface area (Å²) in [6.07, 6.45) is 2.20. The van der Waals surface area contributed by atoms with E-state index in [0.29, 0.717) is 23.2 Å². The minimum Gasteiger partial charge on any atom is -0.423 e. The van der Waals surface area contributed by atoms with Crippen molar-refractivity contribution in [2.45, 2.75) is 39.3 Å². The van der Waals surface area contributed by atoms with Gasteiger partial charge in [0.05, 0.1) is 0 Å². The Hall–Kier alpha value is -2.26. The van der Waals surface area contributed by atoms with E-state index in [9.17, 15) is 4.79 Å². The molecular formula is C21H20ClNO2. The number of para-hydroxylation sites is 1. The van der Waals surface area contributed by atoms with E-state index < -0.39 is 0 Å². The number of nitrogens with zero attached hydrogens (tertiary/aromatic N) is 1. The van der Waals surface area contributed by atoms with Crippen LogP contribution in [-0.2, 0) is 13.0 Å². The molecule has 0 saturated carbocycles. The van der Waals surface area contributed by atoms with Crippen LogP contribution in [0.25, 0.3) is 11.0 Å². The molecule has 1 atom stereocenters. The second kappa shape index (κ2) is 6.23. The topological polar surface area (TPSA) is 33.5 Å². The van der Waals surface area contributed by atoms with Gasteiger partial charge in [-0.25, -0.2) is 4.79 Å². The molecule has 0 amide bonds. The molecule has 1 aromatic heterocycles. The lowest BCUT2D eigenvalue weighted by Crippen LogP contribution is -2.36. The van der Waals surface area contributed by atoms with Crippen LogP contribution in [0.4, 0.5) is 5.69 Å². The fourth-order valence-corrected chi connectivity index (χ4v) is 3.83. The largest absolute Gasteiger partial charge is 0.423 e. The van der Waals surface area contributed by atoms with Gasteiger partial charge in [-0.15, -0.1) is 0 Å². The van der Waals surface area contributed by atoms with Gasteiger partial charge < -0.3 is 9.32 Å². The van der Waals surface area contributed by atoms with Gasteiger partial charge in [-0.2, -0.15) is 0 Å². The van der Waals surface area contributed by atoms with Crippen molar-refractivity contribution in [1.82, 2.24) is 0 Å². The molecular weight excluding hydrogens is 334 g/mol. The first-order valence-electron chi connectivity index (χ1n) is 8.60. The zero-order chi connectivity index (χ0) is 17.6. The molecule has 0 saturated heterocycles. The smallest absolute Gasteiger partial charge is 0.336 e. The van der Waals surface area contributed by atoms with Crippen molar-refractivity contribution >= 4 is 28.3 Å². The lowest BCUT2D eigenvalue weighted by Gasteiger charge is -2.37. The molecule has 4 heteroatoms. The number of halogens is 1. The van der Waals surface area contributed by atoms with E-state index in [4.69, 9.17) is 16.0 Å². The average Bonchev–Trinajstić information content (AvgIpc) is 2.59. The number of hydrogen-bond donors (Lipinski definition) is 0. The van der Waals surface area contributed by atoms with E-state index in [-0.39, 0.29) is 5.63 Å². The molecule has 0 aliphatic carbocycles. The molecule has 0 spiro atoms. The zero-order valence-corrected chi connectivity index (χ0v) is 15.1. The SMILES string of the molecule is Cc1cc2oc(=O)cc(CN3c4ccccc4CCC3C)c2cc1Cl. The van der Waals surface area contributed by atoms with Gasteiger partial charge >= 0.3 is 5.63 Å². The van der Waals surface area contributed by atoms with Crippen LogP contribution in [0.5, 0.6) is 0 Å². The third kappa shape index (κ3) is 2.93. The Bertz CT molecular complexity index is 1010. The third-order valence-corrected chi connectivity index (χ3v) is 5.52. The van der Waals surface area contributed by atoms with Crippen LogP contribution in [0.1, 0.15) is 30.0 Å². The number of benzene rings is 2. The molecule has 1 aliphatic heterocycles. The molecule has 0 N–H and O–H groups in total. The Kier molecular flexibility index (Phi) is 4.04. The highest BCUT2D eigenvalue weighted by molar-refractivity contribution is 6.32. The first kappa shape index (κ1) is 16.2. The molecule has 25 heavy (non-hydrogen) atoms. The van der Waals surface area contributed by atoms with Crippen molar-refractivity contribution in [3.8, 4) is 0 Å². The van der Waals surface area contributed by atoms with Crippen LogP contribution in [0, 0.1) is 6.92 Å². The highest BCUT2D eigenvalue weighted by Gasteiger charge is 2.23. The lowest BCUT2D eigenvalue weighted by atomic mass is 9.95. The lowest BCUT2D eigenvalue weighted by molar-refractivity contribution is 0.546. The van der Waals surface area contributed by atoms with Crippen LogP contribution >= 0.6 is 11.6 Å². The van der Waals surface area contributed by atoms with Gasteiger partial charge in [0.2, 0.25) is 0 Å². The molecule has 2 aromatic carbocycles. The van der Waals surface area contributed by atoms with Crippen LogP contribution < -0.4 is 10.5 Å². The fraction of sp³-hybridized carbons (Fsp3) is 0.286. The van der Waals surface area contributed by atoms with E-state index in [1.165, 1.54) is 11.3 Å². The Balaban J connectivity index is 1.83. The molecule has 0 bridgehead atoms. The molecule has 4 rings (SSSR count). The van der Waals surface area contributed by atoms with E-state index in [0.717, 1.165) is 29.4 Å². The maximum absolute atomic E-state index is 12.1. The zero-order valence-electron chi connectivity index (χ0n) is 14.4. The summed E-state index contributed by atoms with van der Waals surface area (Å²) in [5.41, 5.74) is 4.76. The first-order valence-corrected chi connectivity index (χ1v) is 8.98. The molecule has 1 aliphatic rings. The monoisotopic (exact) mass is 353 g/mol. The summed E-state index contributed by atoms with van der Waals surface area (Å²) in [7, 11) is 0. The van der Waals surface area contributed by atoms with Gasteiger partial charge in [0.25, 0.3) is 0 Å². The third-order valence-electron chi connectivity index (χ3n) is 5.11. The van der Waals surface area contributed by atoms with E-state index in [2.05, 4.69) is 36.1 Å². The Morgan fingerprint density at radius 3 is 2.88 bits per heavy atom. The number of fused-ring (bicyclic) bond motifs is 2. The molecule has 3 aromatic rings. The summed E-state index contributed by atoms with van der Waals surface area (Å²) < 4.78 is 5.39. The molecule has 128 valence electrons. The molecule has 0 fully saturated rings. The van der Waals surface area contributed by atoms with Crippen molar-refractivity contribution in [2.24, 2.45) is 0 Å². The standard InChI is InChI=1S/C21H20ClNO2/c1-13-9-20-17(11-18(13)22)16(10-21(24)25-20)12-23-14(2)7-8-15-5-3-4-6-19(15)23/h3-6,9-11,14H,7-8,12H2,1-2H3. The first-order chi connectivity index (χ1) is 12.0. The van der Waals surface area contributed by atoms with Gasteiger partial charge in [0.1, 0.15) is 5.58 Å². The highest BCUT2D eigenvalue weighted by atomic mass is 35.5. The predicted molar refractivity (Wildman–Crippen MR) is 103 cm³/mol. The van der Waals surface area contributed by atoms with Gasteiger partial charge in [-0.05, 0) is 61.6 Å². The van der Waals surface area contributed by atoms with Gasteiger partial charge in [0, 0.05) is 34.7 Å². The summed E-state index contributed by atoms with van der Waals surface area (Å²) in [4.78, 5) is 14.4. The van der Waals surface area contributed by atoms with Crippen LogP contribution in [0.3, 0.4) is 0 Å². The Morgan fingerprint density at radius 2 is 2.04 bits per heavy atom. The second-order valence-electron chi connectivity index (χ2n) is 6.83. The number of anilines is 1. The van der Waals surface area contributed by atoms with Crippen LogP contribution in [-0.4, -0.2) is 6.04 Å². The van der Waals surface area contributed by atoms with Crippen LogP contribution in [0.15, 0.2) is 51.7 Å². The van der Waals surface area contributed by atoms with Crippen molar-refractivity contribution in [1.29, 1.82) is 0 Å². The maximum atomic E-state index is 12.1. The predicted octanol–water partition coefficient (Wildman–Crippen LogP) is 5.10. The van der Waals surface area contributed by atoms with Crippen molar-refractivity contribution in [3.63, 3.8) is 0 Å². The minimum atomic E-state index is -0.317. The van der Waals surface area contributed by atoms with Gasteiger partial charge in [-0.1, -0.05) is 29.8 Å².